The fourth-order valence-electron chi connectivity index (χ4n) is 1.68. The van der Waals surface area contributed by atoms with Crippen molar-refractivity contribution < 1.29 is 4.79 Å². The second-order valence-corrected chi connectivity index (χ2v) is 3.28. The van der Waals surface area contributed by atoms with E-state index < -0.39 is 0 Å². The zero-order chi connectivity index (χ0) is 10.6. The van der Waals surface area contributed by atoms with E-state index >= 15 is 0 Å². The predicted octanol–water partition coefficient (Wildman–Crippen LogP) is 2.65. The maximum Gasteiger partial charge on any atom is 0.150 e. The van der Waals surface area contributed by atoms with Crippen LogP contribution in [0.1, 0.15) is 29.8 Å². The third-order valence-electron chi connectivity index (χ3n) is 2.58. The van der Waals surface area contributed by atoms with Crippen molar-refractivity contribution in [3.8, 4) is 0 Å². The first-order valence-corrected chi connectivity index (χ1v) is 5.04. The number of benzene rings is 1. The number of carbonyl (C=O) groups is 1. The van der Waals surface area contributed by atoms with E-state index in [0.717, 1.165) is 30.5 Å². The van der Waals surface area contributed by atoms with Crippen LogP contribution in [0.5, 0.6) is 0 Å². The molecule has 0 fully saturated rings. The standard InChI is InChI=1S/C12H17NO/c1-4-13(5-2)12-8-6-7-11(9-14)10(12)3/h6-9H,4-5H2,1-3H3. The lowest BCUT2D eigenvalue weighted by molar-refractivity contribution is 0.112. The van der Waals surface area contributed by atoms with Gasteiger partial charge in [0.15, 0.2) is 0 Å². The van der Waals surface area contributed by atoms with Crippen LogP contribution in [0, 0.1) is 6.92 Å². The lowest BCUT2D eigenvalue weighted by Crippen LogP contribution is -2.22. The summed E-state index contributed by atoms with van der Waals surface area (Å²) in [6.07, 6.45) is 0.919. The first-order chi connectivity index (χ1) is 6.74. The van der Waals surface area contributed by atoms with Gasteiger partial charge in [0.05, 0.1) is 0 Å². The predicted molar refractivity (Wildman–Crippen MR) is 60.1 cm³/mol. The Morgan fingerprint density at radius 1 is 1.29 bits per heavy atom. The van der Waals surface area contributed by atoms with Gasteiger partial charge in [-0.05, 0) is 32.4 Å². The smallest absolute Gasteiger partial charge is 0.150 e. The second kappa shape index (κ2) is 4.80. The number of rotatable bonds is 4. The second-order valence-electron chi connectivity index (χ2n) is 3.28. The monoisotopic (exact) mass is 191 g/mol. The summed E-state index contributed by atoms with van der Waals surface area (Å²) < 4.78 is 0. The van der Waals surface area contributed by atoms with Gasteiger partial charge in [0, 0.05) is 24.3 Å². The summed E-state index contributed by atoms with van der Waals surface area (Å²) in [5.41, 5.74) is 3.03. The minimum absolute atomic E-state index is 0.786. The molecule has 0 aliphatic heterocycles. The van der Waals surface area contributed by atoms with Crippen molar-refractivity contribution in [1.29, 1.82) is 0 Å². The third kappa shape index (κ3) is 1.95. The average molecular weight is 191 g/mol. The number of nitrogens with zero attached hydrogens (tertiary/aromatic N) is 1. The summed E-state index contributed by atoms with van der Waals surface area (Å²) in [6, 6.07) is 5.86. The Labute approximate surface area is 85.5 Å². The van der Waals surface area contributed by atoms with Crippen molar-refractivity contribution >= 4 is 12.0 Å². The van der Waals surface area contributed by atoms with E-state index in [2.05, 4.69) is 24.8 Å². The highest BCUT2D eigenvalue weighted by atomic mass is 16.1. The molecule has 0 bridgehead atoms. The molecule has 0 atom stereocenters. The third-order valence-corrected chi connectivity index (χ3v) is 2.58. The van der Waals surface area contributed by atoms with Crippen LogP contribution in [0.2, 0.25) is 0 Å². The highest BCUT2D eigenvalue weighted by Gasteiger charge is 2.07. The van der Waals surface area contributed by atoms with Crippen LogP contribution in [-0.2, 0) is 0 Å². The van der Waals surface area contributed by atoms with Crippen molar-refractivity contribution in [2.45, 2.75) is 20.8 Å². The van der Waals surface area contributed by atoms with Crippen molar-refractivity contribution in [2.75, 3.05) is 18.0 Å². The van der Waals surface area contributed by atoms with E-state index in [-0.39, 0.29) is 0 Å². The van der Waals surface area contributed by atoms with Crippen LogP contribution in [0.25, 0.3) is 0 Å². The Morgan fingerprint density at radius 3 is 2.43 bits per heavy atom. The normalized spacial score (nSPS) is 9.93. The summed E-state index contributed by atoms with van der Waals surface area (Å²) in [5.74, 6) is 0. The maximum atomic E-state index is 10.8. The molecule has 0 heterocycles. The van der Waals surface area contributed by atoms with Gasteiger partial charge in [-0.15, -0.1) is 0 Å². The molecule has 0 aliphatic rings. The SMILES string of the molecule is CCN(CC)c1cccc(C=O)c1C. The highest BCUT2D eigenvalue weighted by molar-refractivity contribution is 5.80. The molecule has 2 heteroatoms. The topological polar surface area (TPSA) is 20.3 Å². The van der Waals surface area contributed by atoms with Crippen molar-refractivity contribution in [3.63, 3.8) is 0 Å². The molecule has 0 saturated heterocycles. The number of aldehydes is 1. The first kappa shape index (κ1) is 10.8. The largest absolute Gasteiger partial charge is 0.372 e. The van der Waals surface area contributed by atoms with E-state index in [1.54, 1.807) is 0 Å². The molecule has 0 aliphatic carbocycles. The molecule has 0 amide bonds. The quantitative estimate of drug-likeness (QED) is 0.682. The molecule has 1 aromatic carbocycles. The van der Waals surface area contributed by atoms with E-state index in [9.17, 15) is 4.79 Å². The zero-order valence-electron chi connectivity index (χ0n) is 9.08. The zero-order valence-corrected chi connectivity index (χ0v) is 9.08. The molecule has 1 rings (SSSR count). The lowest BCUT2D eigenvalue weighted by atomic mass is 10.1. The molecule has 0 unspecified atom stereocenters. The highest BCUT2D eigenvalue weighted by Crippen LogP contribution is 2.21. The van der Waals surface area contributed by atoms with Gasteiger partial charge in [-0.3, -0.25) is 4.79 Å². The van der Waals surface area contributed by atoms with Crippen molar-refractivity contribution in [1.82, 2.24) is 0 Å². The molecular weight excluding hydrogens is 174 g/mol. The molecular formula is C12H17NO. The van der Waals surface area contributed by atoms with Gasteiger partial charge in [-0.1, -0.05) is 12.1 Å². The Kier molecular flexibility index (Phi) is 3.69. The Hall–Kier alpha value is -1.31. The summed E-state index contributed by atoms with van der Waals surface area (Å²) in [5, 5.41) is 0. The maximum absolute atomic E-state index is 10.8. The average Bonchev–Trinajstić information content (AvgIpc) is 2.22. The summed E-state index contributed by atoms with van der Waals surface area (Å²) in [6.45, 7) is 8.18. The van der Waals surface area contributed by atoms with Gasteiger partial charge >= 0.3 is 0 Å². The molecule has 0 spiro atoms. The van der Waals surface area contributed by atoms with Gasteiger partial charge in [0.25, 0.3) is 0 Å². The van der Waals surface area contributed by atoms with Gasteiger partial charge in [0.1, 0.15) is 6.29 Å². The molecule has 2 nitrogen and oxygen atoms in total. The molecule has 0 saturated carbocycles. The first-order valence-electron chi connectivity index (χ1n) is 5.04. The molecule has 76 valence electrons. The number of carbonyl (C=O) groups excluding carboxylic acids is 1. The lowest BCUT2D eigenvalue weighted by Gasteiger charge is -2.23. The summed E-state index contributed by atoms with van der Waals surface area (Å²) >= 11 is 0. The minimum Gasteiger partial charge on any atom is -0.372 e. The molecule has 0 aromatic heterocycles. The van der Waals surface area contributed by atoms with Gasteiger partial charge in [-0.25, -0.2) is 0 Å². The van der Waals surface area contributed by atoms with E-state index in [1.807, 2.05) is 19.1 Å². The van der Waals surface area contributed by atoms with Crippen molar-refractivity contribution in [3.05, 3.63) is 29.3 Å². The van der Waals surface area contributed by atoms with Crippen LogP contribution >= 0.6 is 0 Å². The molecule has 0 radical (unpaired) electrons. The van der Waals surface area contributed by atoms with Crippen LogP contribution in [0.15, 0.2) is 18.2 Å². The fourth-order valence-corrected chi connectivity index (χ4v) is 1.68. The van der Waals surface area contributed by atoms with Crippen LogP contribution in [0.4, 0.5) is 5.69 Å². The minimum atomic E-state index is 0.786. The Balaban J connectivity index is 3.13. The number of hydrogen-bond donors (Lipinski definition) is 0. The molecule has 0 N–H and O–H groups in total. The summed E-state index contributed by atoms with van der Waals surface area (Å²) in [4.78, 5) is 13.0. The Bertz CT molecular complexity index is 316. The van der Waals surface area contributed by atoms with Crippen LogP contribution in [0.3, 0.4) is 0 Å². The van der Waals surface area contributed by atoms with Gasteiger partial charge in [-0.2, -0.15) is 0 Å². The fraction of sp³-hybridized carbons (Fsp3) is 0.417. The van der Waals surface area contributed by atoms with Crippen LogP contribution < -0.4 is 4.90 Å². The molecule has 1 aromatic rings. The Morgan fingerprint density at radius 2 is 1.93 bits per heavy atom. The summed E-state index contributed by atoms with van der Waals surface area (Å²) in [7, 11) is 0. The molecule has 14 heavy (non-hydrogen) atoms. The van der Waals surface area contributed by atoms with Crippen molar-refractivity contribution in [2.24, 2.45) is 0 Å². The van der Waals surface area contributed by atoms with Gasteiger partial charge < -0.3 is 4.90 Å². The van der Waals surface area contributed by atoms with E-state index in [0.29, 0.717) is 0 Å². The van der Waals surface area contributed by atoms with Gasteiger partial charge in [0.2, 0.25) is 0 Å². The number of anilines is 1. The van der Waals surface area contributed by atoms with E-state index in [4.69, 9.17) is 0 Å². The number of hydrogen-bond acceptors (Lipinski definition) is 2. The van der Waals surface area contributed by atoms with E-state index in [1.165, 1.54) is 5.69 Å². The van der Waals surface area contributed by atoms with Crippen LogP contribution in [-0.4, -0.2) is 19.4 Å².